The first kappa shape index (κ1) is 45.0. The molecule has 13 heteroatoms. The normalized spacial score (nSPS) is 14.4. The molecule has 0 bridgehead atoms. The van der Waals surface area contributed by atoms with E-state index in [-0.39, 0.29) is 28.1 Å². The lowest BCUT2D eigenvalue weighted by Gasteiger charge is -2.27. The summed E-state index contributed by atoms with van der Waals surface area (Å²) in [6.45, 7) is 17.9. The Kier molecular flexibility index (Phi) is 15.0. The molecule has 4 heterocycles. The fourth-order valence-corrected chi connectivity index (χ4v) is 6.58. The minimum absolute atomic E-state index is 0.211. The van der Waals surface area contributed by atoms with Gasteiger partial charge in [0.1, 0.15) is 40.5 Å². The number of fused-ring (bicyclic) bond motifs is 2. The van der Waals surface area contributed by atoms with Crippen molar-refractivity contribution in [2.45, 2.75) is 54.4 Å². The zero-order chi connectivity index (χ0) is 43.6. The van der Waals surface area contributed by atoms with E-state index in [1.807, 2.05) is 115 Å². The highest BCUT2D eigenvalue weighted by molar-refractivity contribution is 9.10. The molecule has 0 aliphatic carbocycles. The molecule has 0 radical (unpaired) electrons. The number of hydrogen-bond acceptors (Lipinski definition) is 12. The molecule has 0 saturated carbocycles. The Morgan fingerprint density at radius 3 is 1.51 bits per heavy atom. The molecule has 1 N–H and O–H groups in total. The Morgan fingerprint density at radius 2 is 1.03 bits per heavy atom. The molecule has 320 valence electrons. The third-order valence-corrected chi connectivity index (χ3v) is 10.7. The SMILES string of the molecule is Brc1ccc2ncc(N3CCOCC3)nc2c1.CC(C)(C)C(=O)Cc1ccc(O)cc1.CC(C)(C)C(=O)Cc1ccc(Oc2ccc3ncc(N4CCOCC4)nc3c2)cc1. The van der Waals surface area contributed by atoms with Crippen molar-refractivity contribution in [3.8, 4) is 17.2 Å². The molecular weight excluding hydrogens is 836 g/mol. The molecule has 2 aliphatic heterocycles. The molecule has 4 aromatic carbocycles. The Morgan fingerprint density at radius 1 is 0.607 bits per heavy atom. The van der Waals surface area contributed by atoms with Crippen LogP contribution < -0.4 is 14.5 Å². The van der Waals surface area contributed by atoms with Crippen LogP contribution >= 0.6 is 15.9 Å². The Labute approximate surface area is 366 Å². The van der Waals surface area contributed by atoms with Crippen LogP contribution in [0.3, 0.4) is 0 Å². The van der Waals surface area contributed by atoms with Gasteiger partial charge in [-0.3, -0.25) is 19.6 Å². The average Bonchev–Trinajstić information content (AvgIpc) is 3.25. The highest BCUT2D eigenvalue weighted by Crippen LogP contribution is 2.27. The number of Topliss-reactive ketones (excluding diaryl/α,β-unsaturated/α-hetero) is 2. The minimum Gasteiger partial charge on any atom is -0.508 e. The number of phenols is 1. The molecule has 2 fully saturated rings. The summed E-state index contributed by atoms with van der Waals surface area (Å²) in [5, 5.41) is 9.07. The second-order valence-electron chi connectivity index (χ2n) is 17.1. The number of anilines is 2. The number of halogens is 1. The molecule has 8 rings (SSSR count). The van der Waals surface area contributed by atoms with Crippen LogP contribution in [0.5, 0.6) is 17.2 Å². The van der Waals surface area contributed by atoms with Crippen molar-refractivity contribution in [2.24, 2.45) is 10.8 Å². The Balaban J connectivity index is 0.000000169. The number of morpholine rings is 2. The fraction of sp³-hybridized carbons (Fsp3) is 0.375. The summed E-state index contributed by atoms with van der Waals surface area (Å²) in [5.74, 6) is 3.88. The number of ether oxygens (including phenoxy) is 3. The van der Waals surface area contributed by atoms with E-state index in [4.69, 9.17) is 24.3 Å². The van der Waals surface area contributed by atoms with Gasteiger partial charge in [-0.15, -0.1) is 0 Å². The highest BCUT2D eigenvalue weighted by Gasteiger charge is 2.22. The maximum absolute atomic E-state index is 12.2. The summed E-state index contributed by atoms with van der Waals surface area (Å²) < 4.78 is 17.8. The fourth-order valence-electron chi connectivity index (χ4n) is 6.24. The van der Waals surface area contributed by atoms with Crippen molar-refractivity contribution < 1.29 is 28.9 Å². The van der Waals surface area contributed by atoms with E-state index >= 15 is 0 Å². The van der Waals surface area contributed by atoms with E-state index in [0.717, 1.165) is 94.4 Å². The van der Waals surface area contributed by atoms with E-state index in [0.29, 0.717) is 31.8 Å². The summed E-state index contributed by atoms with van der Waals surface area (Å²) in [6, 6.07) is 26.1. The number of ketones is 2. The topological polar surface area (TPSA) is 140 Å². The molecule has 0 unspecified atom stereocenters. The Bertz CT molecular complexity index is 2400. The third-order valence-electron chi connectivity index (χ3n) is 10.2. The molecule has 12 nitrogen and oxygen atoms in total. The average molecular weight is 892 g/mol. The summed E-state index contributed by atoms with van der Waals surface area (Å²) in [5.41, 5.74) is 4.77. The molecule has 2 aliphatic rings. The van der Waals surface area contributed by atoms with Gasteiger partial charge in [-0.2, -0.15) is 0 Å². The number of rotatable bonds is 8. The van der Waals surface area contributed by atoms with Gasteiger partial charge in [-0.05, 0) is 65.7 Å². The zero-order valence-corrected chi connectivity index (χ0v) is 37.4. The van der Waals surface area contributed by atoms with E-state index in [1.54, 1.807) is 24.3 Å². The summed E-state index contributed by atoms with van der Waals surface area (Å²) in [4.78, 5) is 46.6. The summed E-state index contributed by atoms with van der Waals surface area (Å²) in [7, 11) is 0. The minimum atomic E-state index is -0.332. The van der Waals surface area contributed by atoms with E-state index < -0.39 is 0 Å². The second kappa shape index (κ2) is 20.4. The number of aromatic hydroxyl groups is 1. The molecule has 2 aromatic heterocycles. The number of hydrogen-bond donors (Lipinski definition) is 1. The van der Waals surface area contributed by atoms with Crippen LogP contribution in [0.25, 0.3) is 22.1 Å². The highest BCUT2D eigenvalue weighted by atomic mass is 79.9. The molecule has 0 amide bonds. The largest absolute Gasteiger partial charge is 0.508 e. The van der Waals surface area contributed by atoms with E-state index in [1.165, 1.54) is 0 Å². The smallest absolute Gasteiger partial charge is 0.148 e. The van der Waals surface area contributed by atoms with Crippen molar-refractivity contribution in [3.63, 3.8) is 0 Å². The zero-order valence-electron chi connectivity index (χ0n) is 35.9. The van der Waals surface area contributed by atoms with Crippen LogP contribution in [0.4, 0.5) is 11.6 Å². The lowest BCUT2D eigenvalue weighted by Crippen LogP contribution is -2.36. The molecular formula is C48H55BrN6O6. The number of benzene rings is 4. The van der Waals surface area contributed by atoms with Crippen LogP contribution in [0.15, 0.2) is 102 Å². The molecule has 0 atom stereocenters. The third kappa shape index (κ3) is 13.2. The number of carbonyl (C=O) groups is 2. The molecule has 61 heavy (non-hydrogen) atoms. The lowest BCUT2D eigenvalue weighted by molar-refractivity contribution is -0.126. The molecule has 6 aromatic rings. The number of carbonyl (C=O) groups excluding carboxylic acids is 2. The summed E-state index contributed by atoms with van der Waals surface area (Å²) in [6.07, 6.45) is 4.51. The van der Waals surface area contributed by atoms with Gasteiger partial charge in [0.25, 0.3) is 0 Å². The van der Waals surface area contributed by atoms with Gasteiger partial charge >= 0.3 is 0 Å². The van der Waals surface area contributed by atoms with Gasteiger partial charge in [0.15, 0.2) is 0 Å². The van der Waals surface area contributed by atoms with Crippen molar-refractivity contribution in [1.29, 1.82) is 0 Å². The maximum Gasteiger partial charge on any atom is 0.148 e. The van der Waals surface area contributed by atoms with Crippen LogP contribution in [0.1, 0.15) is 52.7 Å². The van der Waals surface area contributed by atoms with Crippen LogP contribution in [-0.2, 0) is 31.9 Å². The van der Waals surface area contributed by atoms with Gasteiger partial charge in [-0.25, -0.2) is 9.97 Å². The van der Waals surface area contributed by atoms with E-state index in [2.05, 4.69) is 40.7 Å². The monoisotopic (exact) mass is 890 g/mol. The molecule has 0 spiro atoms. The Hall–Kier alpha value is -5.50. The van der Waals surface area contributed by atoms with Gasteiger partial charge in [-0.1, -0.05) is 81.7 Å². The number of aromatic nitrogens is 4. The maximum atomic E-state index is 12.2. The van der Waals surface area contributed by atoms with Crippen LogP contribution in [0.2, 0.25) is 0 Å². The predicted octanol–water partition coefficient (Wildman–Crippen LogP) is 9.20. The van der Waals surface area contributed by atoms with Gasteiger partial charge in [0.2, 0.25) is 0 Å². The molecule has 2 saturated heterocycles. The van der Waals surface area contributed by atoms with Gasteiger partial charge in [0, 0.05) is 60.4 Å². The van der Waals surface area contributed by atoms with Crippen LogP contribution in [0, 0.1) is 10.8 Å². The van der Waals surface area contributed by atoms with Crippen LogP contribution in [-0.4, -0.2) is 89.2 Å². The first-order valence-electron chi connectivity index (χ1n) is 20.6. The van der Waals surface area contributed by atoms with Gasteiger partial charge in [0.05, 0.1) is 60.9 Å². The first-order valence-corrected chi connectivity index (χ1v) is 21.4. The number of nitrogens with zero attached hydrogens (tertiary/aromatic N) is 6. The van der Waals surface area contributed by atoms with Crippen molar-refractivity contribution in [2.75, 3.05) is 62.4 Å². The van der Waals surface area contributed by atoms with Crippen molar-refractivity contribution in [1.82, 2.24) is 19.9 Å². The lowest BCUT2D eigenvalue weighted by atomic mass is 9.87. The quantitative estimate of drug-likeness (QED) is 0.156. The standard InChI is InChI=1S/C24H27N3O3.C12H12BrN3O.C12H16O2/c1-24(2,3)22(28)14-17-4-6-18(7-5-17)30-19-8-9-20-21(15-19)26-23(16-25-20)27-10-12-29-13-11-27;13-9-1-2-10-11(7-9)15-12(8-14-10)16-3-5-17-6-4-16;1-12(2,3)11(14)8-9-4-6-10(13)7-5-9/h4-9,15-16H,10-14H2,1-3H3;1-2,7-8H,3-6H2;4-7,13H,8H2,1-3H3. The summed E-state index contributed by atoms with van der Waals surface area (Å²) >= 11 is 3.45. The van der Waals surface area contributed by atoms with Crippen molar-refractivity contribution in [3.05, 3.63) is 113 Å². The van der Waals surface area contributed by atoms with E-state index in [9.17, 15) is 9.59 Å². The van der Waals surface area contributed by atoms with Gasteiger partial charge < -0.3 is 29.1 Å². The van der Waals surface area contributed by atoms with Crippen molar-refractivity contribution >= 4 is 61.2 Å². The first-order chi connectivity index (χ1) is 29.1. The second-order valence-corrected chi connectivity index (χ2v) is 18.0. The number of phenolic OH excluding ortho intramolecular Hbond substituents is 1. The predicted molar refractivity (Wildman–Crippen MR) is 244 cm³/mol.